The van der Waals surface area contributed by atoms with Crippen LogP contribution in [0, 0.1) is 0 Å². The maximum Gasteiger partial charge on any atom is 0.271 e. The molecule has 124 valence electrons. The van der Waals surface area contributed by atoms with Gasteiger partial charge in [0.1, 0.15) is 5.82 Å². The first-order valence-corrected chi connectivity index (χ1v) is 8.10. The minimum atomic E-state index is -0.173. The van der Waals surface area contributed by atoms with E-state index in [1.807, 2.05) is 53.1 Å². The molecule has 4 aromatic heterocycles. The van der Waals surface area contributed by atoms with Gasteiger partial charge in [-0.3, -0.25) is 9.78 Å². The maximum atomic E-state index is 12.3. The molecule has 0 aromatic carbocycles. The number of hydrogen-bond acceptors (Lipinski definition) is 3. The first kappa shape index (κ1) is 15.1. The molecular weight excluding hydrogens is 314 g/mol. The molecule has 0 radical (unpaired) electrons. The Hall–Kier alpha value is -3.41. The number of rotatable bonds is 5. The molecule has 0 bridgehead atoms. The summed E-state index contributed by atoms with van der Waals surface area (Å²) in [6.45, 7) is 0.559. The zero-order valence-corrected chi connectivity index (χ0v) is 13.5. The molecule has 6 heteroatoms. The third kappa shape index (κ3) is 3.14. The van der Waals surface area contributed by atoms with E-state index in [4.69, 9.17) is 0 Å². The van der Waals surface area contributed by atoms with Crippen LogP contribution in [0.3, 0.4) is 0 Å². The van der Waals surface area contributed by atoms with E-state index in [-0.39, 0.29) is 5.91 Å². The molecule has 1 amide bonds. The van der Waals surface area contributed by atoms with E-state index < -0.39 is 0 Å². The van der Waals surface area contributed by atoms with E-state index in [0.29, 0.717) is 12.2 Å². The van der Waals surface area contributed by atoms with Crippen LogP contribution in [0.4, 0.5) is 0 Å². The monoisotopic (exact) mass is 331 g/mol. The van der Waals surface area contributed by atoms with E-state index in [1.54, 1.807) is 29.3 Å². The van der Waals surface area contributed by atoms with Crippen LogP contribution in [0.5, 0.6) is 0 Å². The molecule has 4 aromatic rings. The van der Waals surface area contributed by atoms with Gasteiger partial charge in [0.25, 0.3) is 5.91 Å². The van der Waals surface area contributed by atoms with Crippen LogP contribution in [0.15, 0.2) is 73.3 Å². The average Bonchev–Trinajstić information content (AvgIpc) is 3.29. The number of fused-ring (bicyclic) bond motifs is 1. The molecule has 0 aliphatic carbocycles. The minimum Gasteiger partial charge on any atom is -0.350 e. The van der Waals surface area contributed by atoms with Gasteiger partial charge in [0, 0.05) is 36.8 Å². The minimum absolute atomic E-state index is 0.173. The summed E-state index contributed by atoms with van der Waals surface area (Å²) in [5, 5.41) is 7.30. The predicted molar refractivity (Wildman–Crippen MR) is 94.8 cm³/mol. The zero-order chi connectivity index (χ0) is 17.1. The van der Waals surface area contributed by atoms with Crippen molar-refractivity contribution in [3.05, 3.63) is 84.6 Å². The highest BCUT2D eigenvalue weighted by Gasteiger charge is 2.11. The van der Waals surface area contributed by atoms with Crippen molar-refractivity contribution in [3.8, 4) is 5.82 Å². The summed E-state index contributed by atoms with van der Waals surface area (Å²) < 4.78 is 3.74. The standard InChI is InChI=1S/C19H17N5O/c25-19(21-12-8-15-6-10-20-11-7-15)17-9-14-24(22-17)18-5-4-16-3-1-2-13-23(16)18/h1-7,9-11,13-14H,8,12H2,(H,21,25). The van der Waals surface area contributed by atoms with Crippen LogP contribution in [-0.4, -0.2) is 31.6 Å². The van der Waals surface area contributed by atoms with Crippen LogP contribution in [-0.2, 0) is 6.42 Å². The molecule has 0 fully saturated rings. The second-order valence-corrected chi connectivity index (χ2v) is 5.69. The zero-order valence-electron chi connectivity index (χ0n) is 13.5. The average molecular weight is 331 g/mol. The number of nitrogens with one attached hydrogen (secondary N) is 1. The van der Waals surface area contributed by atoms with Gasteiger partial charge in [-0.2, -0.15) is 5.10 Å². The number of pyridine rings is 2. The Morgan fingerprint density at radius 3 is 2.76 bits per heavy atom. The van der Waals surface area contributed by atoms with Gasteiger partial charge in [-0.1, -0.05) is 6.07 Å². The van der Waals surface area contributed by atoms with Crippen LogP contribution in [0.25, 0.3) is 11.3 Å². The first-order valence-electron chi connectivity index (χ1n) is 8.10. The topological polar surface area (TPSA) is 64.2 Å². The number of carbonyl (C=O) groups is 1. The van der Waals surface area contributed by atoms with Gasteiger partial charge in [-0.25, -0.2) is 4.68 Å². The number of aromatic nitrogens is 4. The Kier molecular flexibility index (Phi) is 4.00. The largest absolute Gasteiger partial charge is 0.350 e. The summed E-state index contributed by atoms with van der Waals surface area (Å²) in [4.78, 5) is 16.3. The molecule has 1 N–H and O–H groups in total. The number of amides is 1. The third-order valence-electron chi connectivity index (χ3n) is 4.05. The lowest BCUT2D eigenvalue weighted by atomic mass is 10.2. The van der Waals surface area contributed by atoms with Gasteiger partial charge in [0.15, 0.2) is 5.69 Å². The third-order valence-corrected chi connectivity index (χ3v) is 4.05. The van der Waals surface area contributed by atoms with Gasteiger partial charge < -0.3 is 9.72 Å². The highest BCUT2D eigenvalue weighted by Crippen LogP contribution is 2.14. The maximum absolute atomic E-state index is 12.3. The number of hydrogen-bond donors (Lipinski definition) is 1. The van der Waals surface area contributed by atoms with Gasteiger partial charge in [-0.05, 0) is 54.4 Å². The van der Waals surface area contributed by atoms with Crippen LogP contribution >= 0.6 is 0 Å². The quantitative estimate of drug-likeness (QED) is 0.611. The summed E-state index contributed by atoms with van der Waals surface area (Å²) in [5.41, 5.74) is 2.62. The highest BCUT2D eigenvalue weighted by molar-refractivity contribution is 5.92. The van der Waals surface area contributed by atoms with Crippen molar-refractivity contribution in [1.29, 1.82) is 0 Å². The van der Waals surface area contributed by atoms with Crippen LogP contribution in [0.2, 0.25) is 0 Å². The van der Waals surface area contributed by atoms with Crippen molar-refractivity contribution >= 4 is 11.4 Å². The predicted octanol–water partition coefficient (Wildman–Crippen LogP) is 2.49. The van der Waals surface area contributed by atoms with E-state index in [9.17, 15) is 4.79 Å². The van der Waals surface area contributed by atoms with Crippen molar-refractivity contribution in [3.63, 3.8) is 0 Å². The van der Waals surface area contributed by atoms with E-state index >= 15 is 0 Å². The molecule has 6 nitrogen and oxygen atoms in total. The summed E-state index contributed by atoms with van der Waals surface area (Å²) in [6.07, 6.45) is 8.03. The van der Waals surface area contributed by atoms with Crippen molar-refractivity contribution < 1.29 is 4.79 Å². The molecule has 0 unspecified atom stereocenters. The fourth-order valence-corrected chi connectivity index (χ4v) is 2.76. The molecule has 0 spiro atoms. The van der Waals surface area contributed by atoms with Gasteiger partial charge in [-0.15, -0.1) is 0 Å². The van der Waals surface area contributed by atoms with Crippen LogP contribution in [0.1, 0.15) is 16.1 Å². The lowest BCUT2D eigenvalue weighted by molar-refractivity contribution is 0.0948. The Balaban J connectivity index is 1.45. The molecule has 0 atom stereocenters. The Morgan fingerprint density at radius 1 is 1.00 bits per heavy atom. The molecule has 4 heterocycles. The summed E-state index contributed by atoms with van der Waals surface area (Å²) in [6, 6.07) is 15.6. The summed E-state index contributed by atoms with van der Waals surface area (Å²) in [7, 11) is 0. The molecule has 0 aliphatic heterocycles. The normalized spacial score (nSPS) is 10.9. The molecule has 0 aliphatic rings. The Labute approximate surface area is 144 Å². The highest BCUT2D eigenvalue weighted by atomic mass is 16.1. The molecular formula is C19H17N5O. The lowest BCUT2D eigenvalue weighted by Crippen LogP contribution is -2.26. The Bertz CT molecular complexity index is 1000. The van der Waals surface area contributed by atoms with Crippen molar-refractivity contribution in [1.82, 2.24) is 24.5 Å². The number of carbonyl (C=O) groups excluding carboxylic acids is 1. The molecule has 4 rings (SSSR count). The van der Waals surface area contributed by atoms with E-state index in [2.05, 4.69) is 15.4 Å². The second kappa shape index (κ2) is 6.60. The summed E-state index contributed by atoms with van der Waals surface area (Å²) in [5.74, 6) is 0.722. The van der Waals surface area contributed by atoms with Gasteiger partial charge >= 0.3 is 0 Å². The summed E-state index contributed by atoms with van der Waals surface area (Å²) >= 11 is 0. The second-order valence-electron chi connectivity index (χ2n) is 5.69. The van der Waals surface area contributed by atoms with E-state index in [1.165, 1.54) is 0 Å². The van der Waals surface area contributed by atoms with Gasteiger partial charge in [0.05, 0.1) is 0 Å². The molecule has 25 heavy (non-hydrogen) atoms. The lowest BCUT2D eigenvalue weighted by Gasteiger charge is -2.04. The SMILES string of the molecule is O=C(NCCc1ccncc1)c1ccn(-c2ccc3ccccn23)n1. The van der Waals surface area contributed by atoms with Crippen molar-refractivity contribution in [2.24, 2.45) is 0 Å². The fourth-order valence-electron chi connectivity index (χ4n) is 2.76. The first-order chi connectivity index (χ1) is 12.3. The van der Waals surface area contributed by atoms with Crippen molar-refractivity contribution in [2.45, 2.75) is 6.42 Å². The van der Waals surface area contributed by atoms with Crippen LogP contribution < -0.4 is 5.32 Å². The van der Waals surface area contributed by atoms with Gasteiger partial charge in [0.2, 0.25) is 0 Å². The molecule has 0 saturated carbocycles. The Morgan fingerprint density at radius 2 is 1.88 bits per heavy atom. The molecule has 0 saturated heterocycles. The smallest absolute Gasteiger partial charge is 0.271 e. The van der Waals surface area contributed by atoms with E-state index in [0.717, 1.165) is 23.3 Å². The fraction of sp³-hybridized carbons (Fsp3) is 0.105. The number of nitrogens with zero attached hydrogens (tertiary/aromatic N) is 4. The van der Waals surface area contributed by atoms with Crippen molar-refractivity contribution in [2.75, 3.05) is 6.54 Å².